The van der Waals surface area contributed by atoms with Crippen molar-refractivity contribution in [2.75, 3.05) is 11.9 Å². The van der Waals surface area contributed by atoms with Crippen LogP contribution in [0, 0.1) is 0 Å². The molecule has 7 nitrogen and oxygen atoms in total. The van der Waals surface area contributed by atoms with Crippen LogP contribution < -0.4 is 31.8 Å². The molecule has 2 aromatic rings. The number of benzene rings is 2. The van der Waals surface area contributed by atoms with E-state index in [0.717, 1.165) is 29.8 Å². The van der Waals surface area contributed by atoms with Gasteiger partial charge in [-0.2, -0.15) is 5.53 Å². The van der Waals surface area contributed by atoms with Gasteiger partial charge in [0, 0.05) is 12.2 Å². The summed E-state index contributed by atoms with van der Waals surface area (Å²) in [6, 6.07) is 15.6. The van der Waals surface area contributed by atoms with E-state index in [-0.39, 0.29) is 12.1 Å². The van der Waals surface area contributed by atoms with Gasteiger partial charge in [-0.05, 0) is 48.2 Å². The zero-order valence-electron chi connectivity index (χ0n) is 16.4. The molecule has 3 rings (SSSR count). The molecule has 1 saturated heterocycles. The third-order valence-corrected chi connectivity index (χ3v) is 4.62. The number of hydrazine groups is 2. The van der Waals surface area contributed by atoms with Crippen LogP contribution in [0.2, 0.25) is 0 Å². The van der Waals surface area contributed by atoms with Crippen molar-refractivity contribution in [2.45, 2.75) is 45.4 Å². The van der Waals surface area contributed by atoms with Gasteiger partial charge in [-0.25, -0.2) is 10.9 Å². The molecule has 150 valence electrons. The van der Waals surface area contributed by atoms with E-state index >= 15 is 0 Å². The molecule has 2 atom stereocenters. The minimum atomic E-state index is -0.446. The number of ether oxygens (including phenoxy) is 1. The van der Waals surface area contributed by atoms with E-state index in [9.17, 15) is 4.79 Å². The molecule has 0 saturated carbocycles. The molecule has 0 radical (unpaired) electrons. The summed E-state index contributed by atoms with van der Waals surface area (Å²) in [5.41, 5.74) is 12.1. The monoisotopic (exact) mass is 383 g/mol. The Morgan fingerprint density at radius 1 is 1.00 bits per heavy atom. The van der Waals surface area contributed by atoms with E-state index in [0.29, 0.717) is 13.2 Å². The Labute approximate surface area is 166 Å². The average Bonchev–Trinajstić information content (AvgIpc) is 3.20. The average molecular weight is 383 g/mol. The molecular weight excluding hydrogens is 354 g/mol. The first-order valence-electron chi connectivity index (χ1n) is 9.80. The van der Waals surface area contributed by atoms with Gasteiger partial charge in [0.2, 0.25) is 5.91 Å². The zero-order valence-corrected chi connectivity index (χ0v) is 16.4. The van der Waals surface area contributed by atoms with E-state index in [1.807, 2.05) is 36.4 Å². The minimum absolute atomic E-state index is 0.0912. The smallest absolute Gasteiger partial charge is 0.242 e. The zero-order chi connectivity index (χ0) is 19.8. The molecule has 0 bridgehead atoms. The summed E-state index contributed by atoms with van der Waals surface area (Å²) < 4.78 is 5.58. The van der Waals surface area contributed by atoms with Gasteiger partial charge in [0.05, 0.1) is 6.61 Å². The lowest BCUT2D eigenvalue weighted by Crippen LogP contribution is -2.50. The highest BCUT2D eigenvalue weighted by Gasteiger charge is 2.32. The summed E-state index contributed by atoms with van der Waals surface area (Å²) in [5, 5.41) is 6.31. The van der Waals surface area contributed by atoms with Crippen LogP contribution in [0.3, 0.4) is 0 Å². The van der Waals surface area contributed by atoms with Gasteiger partial charge in [0.25, 0.3) is 0 Å². The highest BCUT2D eigenvalue weighted by atomic mass is 16.5. The Hall–Kier alpha value is -2.61. The van der Waals surface area contributed by atoms with E-state index in [4.69, 9.17) is 4.74 Å². The first-order valence-corrected chi connectivity index (χ1v) is 9.80. The Balaban J connectivity index is 1.51. The summed E-state index contributed by atoms with van der Waals surface area (Å²) >= 11 is 0. The number of hydrogen-bond acceptors (Lipinski definition) is 6. The number of nitrogens with one attached hydrogen (secondary N) is 5. The lowest BCUT2D eigenvalue weighted by Gasteiger charge is -2.20. The number of carbonyl (C=O) groups is 1. The topological polar surface area (TPSA) is 86.5 Å². The van der Waals surface area contributed by atoms with Crippen molar-refractivity contribution in [3.8, 4) is 5.75 Å². The van der Waals surface area contributed by atoms with Crippen molar-refractivity contribution in [3.63, 3.8) is 0 Å². The van der Waals surface area contributed by atoms with E-state index < -0.39 is 6.04 Å². The van der Waals surface area contributed by atoms with Gasteiger partial charge in [0.15, 0.2) is 0 Å². The van der Waals surface area contributed by atoms with Crippen molar-refractivity contribution >= 4 is 11.6 Å². The van der Waals surface area contributed by atoms with Crippen LogP contribution in [0.4, 0.5) is 5.69 Å². The number of anilines is 1. The maximum Gasteiger partial charge on any atom is 0.242 e. The molecule has 1 aliphatic heterocycles. The second-order valence-corrected chi connectivity index (χ2v) is 6.77. The molecule has 1 aliphatic rings. The van der Waals surface area contributed by atoms with Gasteiger partial charge in [-0.1, -0.05) is 38.1 Å². The Kier molecular flexibility index (Phi) is 7.25. The fraction of sp³-hybridized carbons (Fsp3) is 0.381. The molecular formula is C21H29N5O2. The van der Waals surface area contributed by atoms with Crippen molar-refractivity contribution in [1.29, 1.82) is 0 Å². The van der Waals surface area contributed by atoms with Crippen LogP contribution in [0.5, 0.6) is 5.75 Å². The van der Waals surface area contributed by atoms with E-state index in [1.165, 1.54) is 5.56 Å². The summed E-state index contributed by atoms with van der Waals surface area (Å²) in [5.74, 6) is 0.757. The fourth-order valence-electron chi connectivity index (χ4n) is 2.94. The first-order chi connectivity index (χ1) is 13.7. The SMILES string of the molecule is CCCOc1ccc(CNC(=O)C2NNNC2Nc2ccc(CC)cc2)cc1. The number of rotatable bonds is 9. The standard InChI is InChI=1S/C21H29N5O2/c1-3-13-28-18-11-7-16(8-12-18)14-22-21(27)19-20(25-26-24-19)23-17-9-5-15(4-2)6-10-17/h5-12,19-20,23-26H,3-4,13-14H2,1-2H3,(H,22,27). The fourth-order valence-corrected chi connectivity index (χ4v) is 2.94. The third-order valence-electron chi connectivity index (χ3n) is 4.62. The molecule has 0 aromatic heterocycles. The van der Waals surface area contributed by atoms with Crippen LogP contribution in [-0.4, -0.2) is 24.7 Å². The highest BCUT2D eigenvalue weighted by Crippen LogP contribution is 2.14. The van der Waals surface area contributed by atoms with Gasteiger partial charge < -0.3 is 15.4 Å². The van der Waals surface area contributed by atoms with Crippen molar-refractivity contribution in [1.82, 2.24) is 21.7 Å². The molecule has 7 heteroatoms. The number of carbonyl (C=O) groups excluding carboxylic acids is 1. The quantitative estimate of drug-likeness (QED) is 0.456. The largest absolute Gasteiger partial charge is 0.494 e. The summed E-state index contributed by atoms with van der Waals surface area (Å²) in [4.78, 5) is 12.6. The van der Waals surface area contributed by atoms with Crippen LogP contribution in [-0.2, 0) is 17.8 Å². The molecule has 1 fully saturated rings. The number of aryl methyl sites for hydroxylation is 1. The van der Waals surface area contributed by atoms with Gasteiger partial charge in [-0.15, -0.1) is 0 Å². The summed E-state index contributed by atoms with van der Waals surface area (Å²) in [6.07, 6.45) is 1.71. The lowest BCUT2D eigenvalue weighted by molar-refractivity contribution is -0.123. The van der Waals surface area contributed by atoms with Gasteiger partial charge >= 0.3 is 0 Å². The second-order valence-electron chi connectivity index (χ2n) is 6.77. The normalized spacial score (nSPS) is 18.6. The molecule has 0 spiro atoms. The lowest BCUT2D eigenvalue weighted by atomic mass is 10.1. The minimum Gasteiger partial charge on any atom is -0.494 e. The van der Waals surface area contributed by atoms with Crippen molar-refractivity contribution in [3.05, 3.63) is 59.7 Å². The van der Waals surface area contributed by atoms with Crippen LogP contribution in [0.25, 0.3) is 0 Å². The Morgan fingerprint density at radius 2 is 1.71 bits per heavy atom. The molecule has 5 N–H and O–H groups in total. The molecule has 28 heavy (non-hydrogen) atoms. The molecule has 1 amide bonds. The predicted octanol–water partition coefficient (Wildman–Crippen LogP) is 2.07. The van der Waals surface area contributed by atoms with Crippen LogP contribution >= 0.6 is 0 Å². The molecule has 2 unspecified atom stereocenters. The second kappa shape index (κ2) is 10.1. The number of hydrogen-bond donors (Lipinski definition) is 5. The van der Waals surface area contributed by atoms with Gasteiger partial charge in [0.1, 0.15) is 18.0 Å². The van der Waals surface area contributed by atoms with Crippen LogP contribution in [0.15, 0.2) is 48.5 Å². The maximum absolute atomic E-state index is 12.6. The van der Waals surface area contributed by atoms with Gasteiger partial charge in [-0.3, -0.25) is 4.79 Å². The Morgan fingerprint density at radius 3 is 2.39 bits per heavy atom. The van der Waals surface area contributed by atoms with E-state index in [2.05, 4.69) is 53.0 Å². The highest BCUT2D eigenvalue weighted by molar-refractivity contribution is 5.83. The Bertz CT molecular complexity index is 748. The van der Waals surface area contributed by atoms with Crippen LogP contribution in [0.1, 0.15) is 31.4 Å². The maximum atomic E-state index is 12.6. The molecule has 1 heterocycles. The third kappa shape index (κ3) is 5.45. The molecule has 2 aromatic carbocycles. The summed E-state index contributed by atoms with van der Waals surface area (Å²) in [6.45, 7) is 5.37. The van der Waals surface area contributed by atoms with E-state index in [1.54, 1.807) is 0 Å². The molecule has 0 aliphatic carbocycles. The predicted molar refractivity (Wildman–Crippen MR) is 111 cm³/mol. The van der Waals surface area contributed by atoms with Crippen molar-refractivity contribution < 1.29 is 9.53 Å². The number of amides is 1. The van der Waals surface area contributed by atoms with Crippen molar-refractivity contribution in [2.24, 2.45) is 0 Å². The first kappa shape index (κ1) is 20.1. The summed E-state index contributed by atoms with van der Waals surface area (Å²) in [7, 11) is 0.